The standard InChI is InChI=1S/C17H19ClFN/c1-10-6-11(2)15(12(3)7-10)9-17(20)14-5-4-13(18)8-16(14)19/h4-8,17H,9,20H2,1-3H3. The summed E-state index contributed by atoms with van der Waals surface area (Å²) in [5.74, 6) is -0.340. The van der Waals surface area contributed by atoms with Crippen LogP contribution in [-0.4, -0.2) is 0 Å². The Labute approximate surface area is 124 Å². The van der Waals surface area contributed by atoms with Crippen LogP contribution in [0, 0.1) is 26.6 Å². The van der Waals surface area contributed by atoms with E-state index in [-0.39, 0.29) is 11.9 Å². The molecule has 1 nitrogen and oxygen atoms in total. The quantitative estimate of drug-likeness (QED) is 0.875. The van der Waals surface area contributed by atoms with Crippen LogP contribution in [0.1, 0.15) is 33.9 Å². The number of benzene rings is 2. The molecule has 0 aromatic heterocycles. The Hall–Kier alpha value is -1.38. The van der Waals surface area contributed by atoms with Crippen LogP contribution in [0.2, 0.25) is 5.02 Å². The van der Waals surface area contributed by atoms with E-state index in [0.29, 0.717) is 17.0 Å². The minimum atomic E-state index is -0.368. The number of rotatable bonds is 3. The van der Waals surface area contributed by atoms with Crippen molar-refractivity contribution < 1.29 is 4.39 Å². The van der Waals surface area contributed by atoms with Crippen LogP contribution in [0.5, 0.6) is 0 Å². The van der Waals surface area contributed by atoms with E-state index in [4.69, 9.17) is 17.3 Å². The molecule has 20 heavy (non-hydrogen) atoms. The zero-order chi connectivity index (χ0) is 14.9. The lowest BCUT2D eigenvalue weighted by molar-refractivity contribution is 0.579. The SMILES string of the molecule is Cc1cc(C)c(CC(N)c2ccc(Cl)cc2F)c(C)c1. The lowest BCUT2D eigenvalue weighted by Gasteiger charge is -2.17. The fraction of sp³-hybridized carbons (Fsp3) is 0.294. The normalized spacial score (nSPS) is 12.5. The predicted octanol–water partition coefficient (Wildman–Crippen LogP) is 4.65. The van der Waals surface area contributed by atoms with Gasteiger partial charge in [-0.15, -0.1) is 0 Å². The van der Waals surface area contributed by atoms with Crippen LogP contribution >= 0.6 is 11.6 Å². The highest BCUT2D eigenvalue weighted by atomic mass is 35.5. The van der Waals surface area contributed by atoms with Crippen LogP contribution in [0.15, 0.2) is 30.3 Å². The second-order valence-corrected chi connectivity index (χ2v) is 5.79. The van der Waals surface area contributed by atoms with Crippen molar-refractivity contribution >= 4 is 11.6 Å². The third kappa shape index (κ3) is 3.20. The number of halogens is 2. The predicted molar refractivity (Wildman–Crippen MR) is 82.7 cm³/mol. The van der Waals surface area contributed by atoms with Gasteiger partial charge in [0, 0.05) is 16.6 Å². The molecule has 2 rings (SSSR count). The molecule has 106 valence electrons. The van der Waals surface area contributed by atoms with E-state index in [1.165, 1.54) is 28.3 Å². The summed E-state index contributed by atoms with van der Waals surface area (Å²) in [7, 11) is 0. The summed E-state index contributed by atoms with van der Waals surface area (Å²) in [4.78, 5) is 0. The molecular formula is C17H19ClFN. The van der Waals surface area contributed by atoms with E-state index in [9.17, 15) is 4.39 Å². The Bertz CT molecular complexity index is 614. The molecule has 1 unspecified atom stereocenters. The highest BCUT2D eigenvalue weighted by molar-refractivity contribution is 6.30. The third-order valence-corrected chi connectivity index (χ3v) is 3.86. The highest BCUT2D eigenvalue weighted by Gasteiger charge is 2.15. The molecule has 2 aromatic carbocycles. The second kappa shape index (κ2) is 5.94. The molecule has 1 atom stereocenters. The van der Waals surface area contributed by atoms with Gasteiger partial charge in [-0.3, -0.25) is 0 Å². The third-order valence-electron chi connectivity index (χ3n) is 3.63. The smallest absolute Gasteiger partial charge is 0.129 e. The molecule has 2 N–H and O–H groups in total. The first kappa shape index (κ1) is 15.0. The summed E-state index contributed by atoms with van der Waals surface area (Å²) in [6, 6.07) is 8.55. The molecule has 0 saturated heterocycles. The van der Waals surface area contributed by atoms with Gasteiger partial charge >= 0.3 is 0 Å². The van der Waals surface area contributed by atoms with Gasteiger partial charge in [0.2, 0.25) is 0 Å². The van der Waals surface area contributed by atoms with Gasteiger partial charge in [0.1, 0.15) is 5.82 Å². The zero-order valence-electron chi connectivity index (χ0n) is 12.0. The summed E-state index contributed by atoms with van der Waals surface area (Å²) in [6.45, 7) is 6.21. The molecule has 0 spiro atoms. The molecule has 0 aliphatic rings. The number of hydrogen-bond acceptors (Lipinski definition) is 1. The maximum Gasteiger partial charge on any atom is 0.129 e. The summed E-state index contributed by atoms with van der Waals surface area (Å²) >= 11 is 5.77. The molecule has 3 heteroatoms. The van der Waals surface area contributed by atoms with Crippen LogP contribution in [-0.2, 0) is 6.42 Å². The lowest BCUT2D eigenvalue weighted by Crippen LogP contribution is -2.16. The van der Waals surface area contributed by atoms with Gasteiger partial charge in [-0.1, -0.05) is 35.4 Å². The molecule has 0 aliphatic heterocycles. The van der Waals surface area contributed by atoms with Crippen molar-refractivity contribution in [2.45, 2.75) is 33.2 Å². The van der Waals surface area contributed by atoms with E-state index in [0.717, 1.165) is 0 Å². The van der Waals surface area contributed by atoms with Crippen LogP contribution < -0.4 is 5.73 Å². The van der Waals surface area contributed by atoms with Crippen LogP contribution in [0.3, 0.4) is 0 Å². The highest BCUT2D eigenvalue weighted by Crippen LogP contribution is 2.25. The van der Waals surface area contributed by atoms with Gasteiger partial charge in [0.05, 0.1) is 0 Å². The maximum absolute atomic E-state index is 13.9. The van der Waals surface area contributed by atoms with Crippen molar-refractivity contribution in [3.8, 4) is 0 Å². The van der Waals surface area contributed by atoms with E-state index < -0.39 is 0 Å². The van der Waals surface area contributed by atoms with Crippen molar-refractivity contribution in [2.75, 3.05) is 0 Å². The summed E-state index contributed by atoms with van der Waals surface area (Å²) < 4.78 is 13.9. The van der Waals surface area contributed by atoms with Gasteiger partial charge in [0.15, 0.2) is 0 Å². The summed E-state index contributed by atoms with van der Waals surface area (Å²) in [5.41, 5.74) is 11.5. The monoisotopic (exact) mass is 291 g/mol. The Morgan fingerprint density at radius 3 is 2.25 bits per heavy atom. The van der Waals surface area contributed by atoms with Crippen molar-refractivity contribution in [1.29, 1.82) is 0 Å². The van der Waals surface area contributed by atoms with Crippen molar-refractivity contribution in [3.05, 3.63) is 69.0 Å². The van der Waals surface area contributed by atoms with E-state index >= 15 is 0 Å². The van der Waals surface area contributed by atoms with Gasteiger partial charge < -0.3 is 5.73 Å². The molecule has 0 aliphatic carbocycles. The van der Waals surface area contributed by atoms with Crippen molar-refractivity contribution in [2.24, 2.45) is 5.73 Å². The zero-order valence-corrected chi connectivity index (χ0v) is 12.8. The summed E-state index contributed by atoms with van der Waals surface area (Å²) in [5, 5.41) is 0.390. The molecular weight excluding hydrogens is 273 g/mol. The molecule has 0 amide bonds. The second-order valence-electron chi connectivity index (χ2n) is 5.35. The number of hydrogen-bond donors (Lipinski definition) is 1. The van der Waals surface area contributed by atoms with Crippen LogP contribution in [0.4, 0.5) is 4.39 Å². The first-order valence-electron chi connectivity index (χ1n) is 6.65. The van der Waals surface area contributed by atoms with Gasteiger partial charge in [-0.2, -0.15) is 0 Å². The average Bonchev–Trinajstić information content (AvgIpc) is 2.33. The Balaban J connectivity index is 2.30. The van der Waals surface area contributed by atoms with Gasteiger partial charge in [-0.05, 0) is 56.0 Å². The van der Waals surface area contributed by atoms with E-state index in [1.54, 1.807) is 12.1 Å². The molecule has 0 fully saturated rings. The fourth-order valence-electron chi connectivity index (χ4n) is 2.66. The summed E-state index contributed by atoms with van der Waals surface area (Å²) in [6.07, 6.45) is 0.622. The molecule has 2 aromatic rings. The Morgan fingerprint density at radius 1 is 1.10 bits per heavy atom. The first-order valence-corrected chi connectivity index (χ1v) is 7.03. The maximum atomic E-state index is 13.9. The van der Waals surface area contributed by atoms with Gasteiger partial charge in [0.25, 0.3) is 0 Å². The topological polar surface area (TPSA) is 26.0 Å². The molecule has 0 bridgehead atoms. The molecule has 0 radical (unpaired) electrons. The Morgan fingerprint density at radius 2 is 1.70 bits per heavy atom. The first-order chi connectivity index (χ1) is 9.38. The van der Waals surface area contributed by atoms with E-state index in [2.05, 4.69) is 32.9 Å². The Kier molecular flexibility index (Phi) is 4.46. The number of aryl methyl sites for hydroxylation is 3. The molecule has 0 heterocycles. The lowest BCUT2D eigenvalue weighted by atomic mass is 9.92. The van der Waals surface area contributed by atoms with Gasteiger partial charge in [-0.25, -0.2) is 4.39 Å². The fourth-order valence-corrected chi connectivity index (χ4v) is 2.82. The van der Waals surface area contributed by atoms with Crippen LogP contribution in [0.25, 0.3) is 0 Å². The number of nitrogens with two attached hydrogens (primary N) is 1. The largest absolute Gasteiger partial charge is 0.324 e. The minimum absolute atomic E-state index is 0.340. The average molecular weight is 292 g/mol. The van der Waals surface area contributed by atoms with Crippen molar-refractivity contribution in [3.63, 3.8) is 0 Å². The van der Waals surface area contributed by atoms with Crippen molar-refractivity contribution in [1.82, 2.24) is 0 Å². The molecule has 0 saturated carbocycles. The van der Waals surface area contributed by atoms with E-state index in [1.807, 2.05) is 0 Å². The minimum Gasteiger partial charge on any atom is -0.324 e.